The standard InChI is InChI=1S/C11H15BrN2OS/c12-10-5-8(7-16-10)6-14-9-3-1-2-4-13-11(9)15/h5,7,9,14H,1-4,6H2,(H,13,15)/t9-/m1/s1. The molecule has 3 nitrogen and oxygen atoms in total. The fourth-order valence-electron chi connectivity index (χ4n) is 1.81. The lowest BCUT2D eigenvalue weighted by molar-refractivity contribution is -0.122. The molecule has 0 unspecified atom stereocenters. The lowest BCUT2D eigenvalue weighted by Gasteiger charge is -2.14. The minimum absolute atomic E-state index is 0.0267. The molecule has 2 heterocycles. The summed E-state index contributed by atoms with van der Waals surface area (Å²) in [5, 5.41) is 8.35. The van der Waals surface area contributed by atoms with E-state index in [0.29, 0.717) is 0 Å². The highest BCUT2D eigenvalue weighted by Crippen LogP contribution is 2.20. The summed E-state index contributed by atoms with van der Waals surface area (Å²) in [5.74, 6) is 0.145. The largest absolute Gasteiger partial charge is 0.355 e. The van der Waals surface area contributed by atoms with Crippen molar-refractivity contribution in [2.75, 3.05) is 6.54 Å². The van der Waals surface area contributed by atoms with Gasteiger partial charge in [0.05, 0.1) is 9.83 Å². The average molecular weight is 303 g/mol. The van der Waals surface area contributed by atoms with E-state index in [1.54, 1.807) is 11.3 Å². The Hall–Kier alpha value is -0.390. The molecule has 0 saturated carbocycles. The van der Waals surface area contributed by atoms with Crippen LogP contribution in [0, 0.1) is 0 Å². The summed E-state index contributed by atoms with van der Waals surface area (Å²) >= 11 is 5.11. The number of hydrogen-bond donors (Lipinski definition) is 2. The van der Waals surface area contributed by atoms with E-state index >= 15 is 0 Å². The Morgan fingerprint density at radius 1 is 1.56 bits per heavy atom. The van der Waals surface area contributed by atoms with E-state index in [1.807, 2.05) is 0 Å². The number of halogens is 1. The maximum absolute atomic E-state index is 11.7. The van der Waals surface area contributed by atoms with Gasteiger partial charge in [-0.3, -0.25) is 4.79 Å². The smallest absolute Gasteiger partial charge is 0.237 e. The Morgan fingerprint density at radius 2 is 2.44 bits per heavy atom. The molecule has 1 aliphatic heterocycles. The number of carbonyl (C=O) groups is 1. The minimum Gasteiger partial charge on any atom is -0.355 e. The van der Waals surface area contributed by atoms with E-state index < -0.39 is 0 Å². The Kier molecular flexibility index (Phi) is 4.37. The molecule has 16 heavy (non-hydrogen) atoms. The van der Waals surface area contributed by atoms with E-state index in [-0.39, 0.29) is 11.9 Å². The first-order valence-corrected chi connectivity index (χ1v) is 7.17. The first kappa shape index (κ1) is 12.1. The molecule has 0 bridgehead atoms. The first-order chi connectivity index (χ1) is 7.75. The molecule has 2 rings (SSSR count). The first-order valence-electron chi connectivity index (χ1n) is 5.50. The summed E-state index contributed by atoms with van der Waals surface area (Å²) in [5.41, 5.74) is 1.23. The predicted octanol–water partition coefficient (Wildman–Crippen LogP) is 2.27. The Balaban J connectivity index is 1.86. The third-order valence-corrected chi connectivity index (χ3v) is 4.26. The fourth-order valence-corrected chi connectivity index (χ4v) is 3.02. The third kappa shape index (κ3) is 3.30. The van der Waals surface area contributed by atoms with Crippen LogP contribution >= 0.6 is 27.3 Å². The van der Waals surface area contributed by atoms with E-state index in [0.717, 1.165) is 36.1 Å². The fraction of sp³-hybridized carbons (Fsp3) is 0.545. The van der Waals surface area contributed by atoms with Crippen LogP contribution in [0.15, 0.2) is 15.2 Å². The number of carbonyl (C=O) groups excluding carboxylic acids is 1. The lowest BCUT2D eigenvalue weighted by atomic mass is 10.1. The maximum Gasteiger partial charge on any atom is 0.237 e. The molecule has 1 aromatic rings. The second-order valence-corrected chi connectivity index (χ2v) is 6.27. The van der Waals surface area contributed by atoms with Crippen LogP contribution in [-0.2, 0) is 11.3 Å². The zero-order valence-electron chi connectivity index (χ0n) is 8.96. The molecule has 88 valence electrons. The van der Waals surface area contributed by atoms with Gasteiger partial charge in [0.1, 0.15) is 0 Å². The summed E-state index contributed by atoms with van der Waals surface area (Å²) in [6.07, 6.45) is 3.15. The average Bonchev–Trinajstić information content (AvgIpc) is 2.56. The van der Waals surface area contributed by atoms with Gasteiger partial charge in [0.2, 0.25) is 5.91 Å². The molecule has 0 spiro atoms. The highest BCUT2D eigenvalue weighted by Gasteiger charge is 2.19. The van der Waals surface area contributed by atoms with Crippen molar-refractivity contribution in [1.29, 1.82) is 0 Å². The highest BCUT2D eigenvalue weighted by molar-refractivity contribution is 9.11. The van der Waals surface area contributed by atoms with Crippen LogP contribution in [-0.4, -0.2) is 18.5 Å². The molecule has 2 N–H and O–H groups in total. The third-order valence-electron chi connectivity index (χ3n) is 2.71. The molecule has 0 aliphatic carbocycles. The molecule has 0 radical (unpaired) electrons. The van der Waals surface area contributed by atoms with Crippen molar-refractivity contribution in [1.82, 2.24) is 10.6 Å². The summed E-state index contributed by atoms with van der Waals surface area (Å²) in [6, 6.07) is 2.06. The van der Waals surface area contributed by atoms with E-state index in [2.05, 4.69) is 38.0 Å². The molecule has 1 aromatic heterocycles. The highest BCUT2D eigenvalue weighted by atomic mass is 79.9. The zero-order chi connectivity index (χ0) is 11.4. The van der Waals surface area contributed by atoms with Crippen molar-refractivity contribution < 1.29 is 4.79 Å². The minimum atomic E-state index is -0.0267. The van der Waals surface area contributed by atoms with Crippen molar-refractivity contribution in [2.45, 2.75) is 31.8 Å². The molecular formula is C11H15BrN2OS. The molecule has 1 aliphatic rings. The number of rotatable bonds is 3. The van der Waals surface area contributed by atoms with Gasteiger partial charge >= 0.3 is 0 Å². The van der Waals surface area contributed by atoms with Gasteiger partial charge in [0, 0.05) is 13.1 Å². The summed E-state index contributed by atoms with van der Waals surface area (Å²) in [4.78, 5) is 11.7. The van der Waals surface area contributed by atoms with E-state index in [1.165, 1.54) is 5.56 Å². The summed E-state index contributed by atoms with van der Waals surface area (Å²) in [7, 11) is 0. The van der Waals surface area contributed by atoms with Crippen molar-refractivity contribution >= 4 is 33.2 Å². The normalized spacial score (nSPS) is 21.6. The SMILES string of the molecule is O=C1NCCCC[C@H]1NCc1csc(Br)c1. The van der Waals surface area contributed by atoms with Gasteiger partial charge in [-0.25, -0.2) is 0 Å². The van der Waals surface area contributed by atoms with Gasteiger partial charge in [-0.05, 0) is 52.2 Å². The quantitative estimate of drug-likeness (QED) is 0.899. The zero-order valence-corrected chi connectivity index (χ0v) is 11.4. The van der Waals surface area contributed by atoms with Crippen LogP contribution in [0.4, 0.5) is 0 Å². The lowest BCUT2D eigenvalue weighted by Crippen LogP contribution is -2.42. The summed E-state index contributed by atoms with van der Waals surface area (Å²) in [6.45, 7) is 1.58. The van der Waals surface area contributed by atoms with Gasteiger partial charge in [0.25, 0.3) is 0 Å². The van der Waals surface area contributed by atoms with Gasteiger partial charge in [-0.1, -0.05) is 0 Å². The Morgan fingerprint density at radius 3 is 3.19 bits per heavy atom. The Bertz CT molecular complexity index is 367. The number of thiophene rings is 1. The number of amides is 1. The molecular weight excluding hydrogens is 288 g/mol. The van der Waals surface area contributed by atoms with E-state index in [9.17, 15) is 4.79 Å². The van der Waals surface area contributed by atoms with Crippen LogP contribution in [0.25, 0.3) is 0 Å². The second-order valence-electron chi connectivity index (χ2n) is 3.98. The van der Waals surface area contributed by atoms with Crippen molar-refractivity contribution in [3.63, 3.8) is 0 Å². The second kappa shape index (κ2) is 5.80. The van der Waals surface area contributed by atoms with Gasteiger partial charge in [-0.2, -0.15) is 0 Å². The van der Waals surface area contributed by atoms with E-state index in [4.69, 9.17) is 0 Å². The molecule has 5 heteroatoms. The van der Waals surface area contributed by atoms with Crippen LogP contribution < -0.4 is 10.6 Å². The monoisotopic (exact) mass is 302 g/mol. The van der Waals surface area contributed by atoms with Crippen LogP contribution in [0.1, 0.15) is 24.8 Å². The van der Waals surface area contributed by atoms with Gasteiger partial charge < -0.3 is 10.6 Å². The molecule has 1 saturated heterocycles. The van der Waals surface area contributed by atoms with Crippen LogP contribution in [0.5, 0.6) is 0 Å². The molecule has 1 fully saturated rings. The van der Waals surface area contributed by atoms with Crippen molar-refractivity contribution in [2.24, 2.45) is 0 Å². The molecule has 1 atom stereocenters. The van der Waals surface area contributed by atoms with Crippen LogP contribution in [0.2, 0.25) is 0 Å². The topological polar surface area (TPSA) is 41.1 Å². The number of hydrogen-bond acceptors (Lipinski definition) is 3. The van der Waals surface area contributed by atoms with Gasteiger partial charge in [0.15, 0.2) is 0 Å². The molecule has 0 aromatic carbocycles. The van der Waals surface area contributed by atoms with Crippen LogP contribution in [0.3, 0.4) is 0 Å². The molecule has 1 amide bonds. The van der Waals surface area contributed by atoms with Crippen molar-refractivity contribution in [3.8, 4) is 0 Å². The van der Waals surface area contributed by atoms with Gasteiger partial charge in [-0.15, -0.1) is 11.3 Å². The summed E-state index contributed by atoms with van der Waals surface area (Å²) < 4.78 is 1.13. The predicted molar refractivity (Wildman–Crippen MR) is 69.5 cm³/mol. The maximum atomic E-state index is 11.7. The Labute approximate surface area is 108 Å². The number of nitrogens with one attached hydrogen (secondary N) is 2. The van der Waals surface area contributed by atoms with Crippen molar-refractivity contribution in [3.05, 3.63) is 20.8 Å².